The van der Waals surface area contributed by atoms with Gasteiger partial charge in [0.05, 0.1) is 0 Å². The molecule has 0 fully saturated rings. The van der Waals surface area contributed by atoms with Crippen LogP contribution in [0.5, 0.6) is 0 Å². The van der Waals surface area contributed by atoms with E-state index in [2.05, 4.69) is 12.1 Å². The van der Waals surface area contributed by atoms with Gasteiger partial charge >= 0.3 is 11.9 Å². The molecule has 1 rings (SSSR count). The predicted molar refractivity (Wildman–Crippen MR) is 54.5 cm³/mol. The molecule has 82 valence electrons. The van der Waals surface area contributed by atoms with E-state index in [0.29, 0.717) is 0 Å². The minimum Gasteiger partial charge on any atom is -0.473 e. The summed E-state index contributed by atoms with van der Waals surface area (Å²) in [6.45, 7) is 0.740. The maximum Gasteiger partial charge on any atom is 0.414 e. The van der Waals surface area contributed by atoms with Crippen LogP contribution in [-0.4, -0.2) is 28.7 Å². The summed E-state index contributed by atoms with van der Waals surface area (Å²) in [7, 11) is 0. The van der Waals surface area contributed by atoms with Gasteiger partial charge in [-0.05, 0) is 18.5 Å². The van der Waals surface area contributed by atoms with E-state index in [9.17, 15) is 0 Å². The lowest BCUT2D eigenvalue weighted by Crippen LogP contribution is -2.09. The third kappa shape index (κ3) is 7.21. The Labute approximate surface area is 87.1 Å². The maximum atomic E-state index is 9.10. The Morgan fingerprint density at radius 3 is 1.87 bits per heavy atom. The molecule has 0 amide bonds. The van der Waals surface area contributed by atoms with Gasteiger partial charge in [-0.1, -0.05) is 30.3 Å². The molecule has 1 aromatic carbocycles. The van der Waals surface area contributed by atoms with Crippen LogP contribution in [0.1, 0.15) is 5.56 Å². The molecule has 5 nitrogen and oxygen atoms in total. The van der Waals surface area contributed by atoms with Crippen molar-refractivity contribution in [3.05, 3.63) is 35.9 Å². The molecule has 0 heterocycles. The fourth-order valence-electron chi connectivity index (χ4n) is 0.811. The number of rotatable bonds is 2. The third-order valence-electron chi connectivity index (χ3n) is 1.46. The summed E-state index contributed by atoms with van der Waals surface area (Å²) in [5, 5.41) is 14.8. The van der Waals surface area contributed by atoms with Gasteiger partial charge < -0.3 is 15.9 Å². The monoisotopic (exact) mass is 211 g/mol. The average Bonchev–Trinajstić information content (AvgIpc) is 2.20. The molecule has 0 bridgehead atoms. The van der Waals surface area contributed by atoms with Crippen LogP contribution in [0.2, 0.25) is 0 Å². The molecule has 0 aliphatic rings. The van der Waals surface area contributed by atoms with Crippen molar-refractivity contribution in [2.24, 2.45) is 5.73 Å². The SMILES string of the molecule is NCCc1ccccc1.O=C(O)C(=O)O. The average molecular weight is 211 g/mol. The van der Waals surface area contributed by atoms with E-state index < -0.39 is 11.9 Å². The Morgan fingerprint density at radius 2 is 1.53 bits per heavy atom. The Morgan fingerprint density at radius 1 is 1.07 bits per heavy atom. The summed E-state index contributed by atoms with van der Waals surface area (Å²) in [5.41, 5.74) is 6.68. The van der Waals surface area contributed by atoms with Crippen LogP contribution in [-0.2, 0) is 16.0 Å². The normalized spacial score (nSPS) is 8.60. The molecular weight excluding hydrogens is 198 g/mol. The molecule has 1 aromatic rings. The smallest absolute Gasteiger partial charge is 0.414 e. The standard InChI is InChI=1S/C8H11N.C2H2O4/c9-7-6-8-4-2-1-3-5-8;3-1(4)2(5)6/h1-5H,6-7,9H2;(H,3,4)(H,5,6). The van der Waals surface area contributed by atoms with Crippen LogP contribution in [0, 0.1) is 0 Å². The summed E-state index contributed by atoms with van der Waals surface area (Å²) in [6.07, 6.45) is 0.987. The highest BCUT2D eigenvalue weighted by Crippen LogP contribution is 1.96. The number of carboxylic acid groups (broad SMARTS) is 2. The molecule has 4 N–H and O–H groups in total. The van der Waals surface area contributed by atoms with Crippen LogP contribution in [0.15, 0.2) is 30.3 Å². The Kier molecular flexibility index (Phi) is 6.57. The largest absolute Gasteiger partial charge is 0.473 e. The quantitative estimate of drug-likeness (QED) is 0.612. The highest BCUT2D eigenvalue weighted by atomic mass is 16.4. The lowest BCUT2D eigenvalue weighted by molar-refractivity contribution is -0.159. The molecule has 0 atom stereocenters. The molecular formula is C10H13NO4. The fourth-order valence-corrected chi connectivity index (χ4v) is 0.811. The van der Waals surface area contributed by atoms with Crippen molar-refractivity contribution >= 4 is 11.9 Å². The molecule has 0 radical (unpaired) electrons. The Bertz CT molecular complexity index is 298. The van der Waals surface area contributed by atoms with Gasteiger partial charge in [0.25, 0.3) is 0 Å². The highest BCUT2D eigenvalue weighted by molar-refractivity contribution is 6.27. The molecule has 0 saturated carbocycles. The molecule has 15 heavy (non-hydrogen) atoms. The predicted octanol–water partition coefficient (Wildman–Crippen LogP) is 0.343. The molecule has 0 aliphatic carbocycles. The zero-order valence-corrected chi connectivity index (χ0v) is 8.09. The topological polar surface area (TPSA) is 101 Å². The van der Waals surface area contributed by atoms with Crippen molar-refractivity contribution in [3.63, 3.8) is 0 Å². The van der Waals surface area contributed by atoms with Gasteiger partial charge in [-0.2, -0.15) is 0 Å². The van der Waals surface area contributed by atoms with Gasteiger partial charge in [0.15, 0.2) is 0 Å². The van der Waals surface area contributed by atoms with E-state index in [-0.39, 0.29) is 0 Å². The van der Waals surface area contributed by atoms with Crippen molar-refractivity contribution in [3.8, 4) is 0 Å². The van der Waals surface area contributed by atoms with Gasteiger partial charge in [-0.3, -0.25) is 0 Å². The van der Waals surface area contributed by atoms with Gasteiger partial charge in [-0.25, -0.2) is 9.59 Å². The summed E-state index contributed by atoms with van der Waals surface area (Å²) in [4.78, 5) is 18.2. The van der Waals surface area contributed by atoms with Crippen LogP contribution in [0.25, 0.3) is 0 Å². The van der Waals surface area contributed by atoms with E-state index in [0.717, 1.165) is 13.0 Å². The Balaban J connectivity index is 0.000000288. The minimum atomic E-state index is -1.82. The zero-order chi connectivity index (χ0) is 11.7. The number of benzene rings is 1. The lowest BCUT2D eigenvalue weighted by Gasteiger charge is -1.93. The van der Waals surface area contributed by atoms with Crippen LogP contribution >= 0.6 is 0 Å². The summed E-state index contributed by atoms with van der Waals surface area (Å²) in [6, 6.07) is 10.3. The first kappa shape index (κ1) is 13.1. The summed E-state index contributed by atoms with van der Waals surface area (Å²) >= 11 is 0. The maximum absolute atomic E-state index is 9.10. The zero-order valence-electron chi connectivity index (χ0n) is 8.09. The number of carbonyl (C=O) groups is 2. The third-order valence-corrected chi connectivity index (χ3v) is 1.46. The molecule has 0 aromatic heterocycles. The first-order valence-corrected chi connectivity index (χ1v) is 4.28. The van der Waals surface area contributed by atoms with E-state index in [1.807, 2.05) is 18.2 Å². The molecule has 5 heteroatoms. The van der Waals surface area contributed by atoms with E-state index in [4.69, 9.17) is 25.5 Å². The second kappa shape index (κ2) is 7.52. The number of carboxylic acids is 2. The van der Waals surface area contributed by atoms with Crippen molar-refractivity contribution < 1.29 is 19.8 Å². The number of nitrogens with two attached hydrogens (primary N) is 1. The lowest BCUT2D eigenvalue weighted by atomic mass is 10.2. The van der Waals surface area contributed by atoms with E-state index in [1.54, 1.807) is 0 Å². The first-order valence-electron chi connectivity index (χ1n) is 4.28. The van der Waals surface area contributed by atoms with Crippen molar-refractivity contribution in [1.82, 2.24) is 0 Å². The van der Waals surface area contributed by atoms with E-state index >= 15 is 0 Å². The summed E-state index contributed by atoms with van der Waals surface area (Å²) in [5.74, 6) is -3.65. The Hall–Kier alpha value is -1.88. The van der Waals surface area contributed by atoms with Crippen molar-refractivity contribution in [2.45, 2.75) is 6.42 Å². The van der Waals surface area contributed by atoms with Gasteiger partial charge in [0.1, 0.15) is 0 Å². The number of aliphatic carboxylic acids is 2. The molecule has 0 aliphatic heterocycles. The minimum absolute atomic E-state index is 0.740. The van der Waals surface area contributed by atoms with Crippen molar-refractivity contribution in [2.75, 3.05) is 6.54 Å². The second-order valence-corrected chi connectivity index (χ2v) is 2.63. The molecule has 0 saturated heterocycles. The van der Waals surface area contributed by atoms with Gasteiger partial charge in [0.2, 0.25) is 0 Å². The summed E-state index contributed by atoms with van der Waals surface area (Å²) < 4.78 is 0. The number of hydrogen-bond acceptors (Lipinski definition) is 3. The van der Waals surface area contributed by atoms with Crippen LogP contribution < -0.4 is 5.73 Å². The molecule has 0 spiro atoms. The highest BCUT2D eigenvalue weighted by Gasteiger charge is 2.04. The first-order chi connectivity index (χ1) is 7.07. The van der Waals surface area contributed by atoms with Crippen LogP contribution in [0.4, 0.5) is 0 Å². The van der Waals surface area contributed by atoms with Crippen molar-refractivity contribution in [1.29, 1.82) is 0 Å². The molecule has 0 unspecified atom stereocenters. The fraction of sp³-hybridized carbons (Fsp3) is 0.200. The van der Waals surface area contributed by atoms with Gasteiger partial charge in [-0.15, -0.1) is 0 Å². The van der Waals surface area contributed by atoms with Crippen LogP contribution in [0.3, 0.4) is 0 Å². The number of hydrogen-bond donors (Lipinski definition) is 3. The van der Waals surface area contributed by atoms with E-state index in [1.165, 1.54) is 5.56 Å². The second-order valence-electron chi connectivity index (χ2n) is 2.63. The van der Waals surface area contributed by atoms with Gasteiger partial charge in [0, 0.05) is 0 Å².